The Labute approximate surface area is 37.2 Å². The van der Waals surface area contributed by atoms with Gasteiger partial charge in [-0.25, -0.2) is 0 Å². The van der Waals surface area contributed by atoms with E-state index >= 15 is 0 Å². The molecule has 32 valence electrons. The van der Waals surface area contributed by atoms with Crippen molar-refractivity contribution in [2.24, 2.45) is 0 Å². The zero-order chi connectivity index (χ0) is 3.78. The summed E-state index contributed by atoms with van der Waals surface area (Å²) in [4.78, 5) is 0. The minimum Gasteiger partial charge on any atom is -0.299 e. The molecule has 0 aromatic heterocycles. The topological polar surface area (TPSA) is 0 Å². The van der Waals surface area contributed by atoms with Gasteiger partial charge in [0.2, 0.25) is 0 Å². The summed E-state index contributed by atoms with van der Waals surface area (Å²) in [5.41, 5.74) is 0. The molecule has 2 aliphatic heterocycles. The molecule has 0 aromatic rings. The van der Waals surface area contributed by atoms with Crippen molar-refractivity contribution < 1.29 is 4.48 Å². The third kappa shape index (κ3) is 0.0790. The molecular formula is C5H8N+. The Bertz CT molecular complexity index is 105. The van der Waals surface area contributed by atoms with Gasteiger partial charge in [0, 0.05) is 0 Å². The summed E-state index contributed by atoms with van der Waals surface area (Å²) in [5.74, 6) is 0. The Hall–Kier alpha value is -0.0400. The molecule has 0 aromatic carbocycles. The third-order valence-electron chi connectivity index (χ3n) is 2.70. The van der Waals surface area contributed by atoms with Crippen molar-refractivity contribution in [2.75, 3.05) is 13.1 Å². The van der Waals surface area contributed by atoms with Crippen LogP contribution >= 0.6 is 0 Å². The van der Waals surface area contributed by atoms with Gasteiger partial charge in [0.15, 0.2) is 0 Å². The monoisotopic (exact) mass is 82.1 g/mol. The van der Waals surface area contributed by atoms with E-state index in [1.54, 1.807) is 10.9 Å². The zero-order valence-corrected chi connectivity index (χ0v) is 3.72. The van der Waals surface area contributed by atoms with Gasteiger partial charge in [-0.2, -0.15) is 0 Å². The first-order valence-corrected chi connectivity index (χ1v) is 2.80. The van der Waals surface area contributed by atoms with Crippen LogP contribution < -0.4 is 0 Å². The first-order valence-electron chi connectivity index (χ1n) is 2.80. The molecule has 2 atom stereocenters. The summed E-state index contributed by atoms with van der Waals surface area (Å²) in [6, 6.07) is 2.43. The van der Waals surface area contributed by atoms with Gasteiger partial charge in [-0.3, -0.25) is 4.48 Å². The summed E-state index contributed by atoms with van der Waals surface area (Å²) in [7, 11) is 0. The molecule has 1 nitrogen and oxygen atoms in total. The summed E-state index contributed by atoms with van der Waals surface area (Å²) in [6.45, 7) is 3.07. The highest BCUT2D eigenvalue weighted by atomic mass is 15.7. The van der Waals surface area contributed by atoms with Gasteiger partial charge >= 0.3 is 0 Å². The predicted octanol–water partition coefficient (Wildman–Crippen LogP) is -0.0287. The molecule has 0 N–H and O–H groups in total. The second-order valence-corrected chi connectivity index (χ2v) is 2.92. The first kappa shape index (κ1) is 2.31. The van der Waals surface area contributed by atoms with E-state index in [0.717, 1.165) is 0 Å². The molecule has 3 rings (SSSR count). The number of fused-ring (bicyclic) bond motifs is 3. The Morgan fingerprint density at radius 3 is 1.83 bits per heavy atom. The molecule has 3 fully saturated rings. The number of quaternary nitrogens is 1. The van der Waals surface area contributed by atoms with Gasteiger partial charge < -0.3 is 0 Å². The van der Waals surface area contributed by atoms with Crippen LogP contribution in [0.5, 0.6) is 0 Å². The largest absolute Gasteiger partial charge is 0.299 e. The van der Waals surface area contributed by atoms with Crippen LogP contribution in [0, 0.1) is 0 Å². The molecular weight excluding hydrogens is 74.1 g/mol. The smallest absolute Gasteiger partial charge is 0.148 e. The highest BCUT2D eigenvalue weighted by Gasteiger charge is 2.86. The second kappa shape index (κ2) is 0.348. The van der Waals surface area contributed by atoms with Crippen LogP contribution in [-0.2, 0) is 0 Å². The highest BCUT2D eigenvalue weighted by molar-refractivity contribution is 5.10. The van der Waals surface area contributed by atoms with E-state index in [2.05, 4.69) is 0 Å². The van der Waals surface area contributed by atoms with Crippen molar-refractivity contribution in [2.45, 2.75) is 18.5 Å². The van der Waals surface area contributed by atoms with Gasteiger partial charge in [0.05, 0.1) is 6.42 Å². The molecule has 0 bridgehead atoms. The average molecular weight is 82.1 g/mol. The van der Waals surface area contributed by atoms with E-state index in [9.17, 15) is 0 Å². The highest BCUT2D eigenvalue weighted by Crippen LogP contribution is 2.65. The maximum Gasteiger partial charge on any atom is 0.148 e. The van der Waals surface area contributed by atoms with Crippen molar-refractivity contribution in [3.63, 3.8) is 0 Å². The van der Waals surface area contributed by atoms with Crippen LogP contribution in [0.25, 0.3) is 0 Å². The average Bonchev–Trinajstić information content (AvgIpc) is 2.30. The Morgan fingerprint density at radius 1 is 1.17 bits per heavy atom. The van der Waals surface area contributed by atoms with Gasteiger partial charge in [0.1, 0.15) is 25.2 Å². The molecule has 1 saturated carbocycles. The van der Waals surface area contributed by atoms with Gasteiger partial charge in [-0.1, -0.05) is 0 Å². The zero-order valence-electron chi connectivity index (χ0n) is 3.72. The molecule has 3 aliphatic rings. The molecule has 6 heavy (non-hydrogen) atoms. The van der Waals surface area contributed by atoms with Crippen molar-refractivity contribution in [3.05, 3.63) is 0 Å². The number of nitrogens with zero attached hydrogens (tertiary/aromatic N) is 1. The fourth-order valence-electron chi connectivity index (χ4n) is 1.82. The molecule has 0 radical (unpaired) electrons. The maximum atomic E-state index is 1.58. The van der Waals surface area contributed by atoms with Crippen LogP contribution in [0.15, 0.2) is 0 Å². The van der Waals surface area contributed by atoms with E-state index in [4.69, 9.17) is 0 Å². The van der Waals surface area contributed by atoms with Crippen LogP contribution in [0.3, 0.4) is 0 Å². The summed E-state index contributed by atoms with van der Waals surface area (Å²) >= 11 is 0. The Balaban J connectivity index is 2.15. The predicted molar refractivity (Wildman–Crippen MR) is 22.2 cm³/mol. The van der Waals surface area contributed by atoms with Crippen molar-refractivity contribution in [1.82, 2.24) is 0 Å². The van der Waals surface area contributed by atoms with E-state index in [1.165, 1.54) is 25.2 Å². The van der Waals surface area contributed by atoms with E-state index in [0.29, 0.717) is 0 Å². The lowest BCUT2D eigenvalue weighted by Gasteiger charge is -1.92. The van der Waals surface area contributed by atoms with Crippen LogP contribution in [0.2, 0.25) is 0 Å². The number of rotatable bonds is 0. The summed E-state index contributed by atoms with van der Waals surface area (Å²) in [6.07, 6.45) is 1.58. The summed E-state index contributed by atoms with van der Waals surface area (Å²) in [5, 5.41) is 0. The quantitative estimate of drug-likeness (QED) is 0.284. The minimum atomic E-state index is 1.21. The maximum absolute atomic E-state index is 1.58. The van der Waals surface area contributed by atoms with Gasteiger partial charge in [0.25, 0.3) is 0 Å². The standard InChI is InChI=1S/C5H8N/c1-2-6(1)4-3-5(4)6/h4-5H,1-3H2/q+1. The fourth-order valence-corrected chi connectivity index (χ4v) is 1.82. The second-order valence-electron chi connectivity index (χ2n) is 2.92. The number of hydrogen-bond acceptors (Lipinski definition) is 0. The molecule has 2 saturated heterocycles. The van der Waals surface area contributed by atoms with Crippen LogP contribution in [-0.4, -0.2) is 29.7 Å². The van der Waals surface area contributed by atoms with Crippen molar-refractivity contribution in [3.8, 4) is 0 Å². The fraction of sp³-hybridized carbons (Fsp3) is 1.00. The minimum absolute atomic E-state index is 1.21. The molecule has 2 heterocycles. The Kier molecular flexibility index (Phi) is 0.134. The molecule has 0 amide bonds. The lowest BCUT2D eigenvalue weighted by atomic mass is 10.7. The third-order valence-corrected chi connectivity index (χ3v) is 2.70. The van der Waals surface area contributed by atoms with Gasteiger partial charge in [-0.05, 0) is 0 Å². The van der Waals surface area contributed by atoms with Gasteiger partial charge in [-0.15, -0.1) is 0 Å². The molecule has 2 unspecified atom stereocenters. The van der Waals surface area contributed by atoms with E-state index < -0.39 is 0 Å². The van der Waals surface area contributed by atoms with Crippen molar-refractivity contribution in [1.29, 1.82) is 0 Å². The Morgan fingerprint density at radius 2 is 1.83 bits per heavy atom. The van der Waals surface area contributed by atoms with Crippen molar-refractivity contribution >= 4 is 0 Å². The SMILES string of the molecule is C1C2C1[N+]21CC1. The van der Waals surface area contributed by atoms with Crippen LogP contribution in [0.4, 0.5) is 0 Å². The van der Waals surface area contributed by atoms with E-state index in [-0.39, 0.29) is 0 Å². The first-order chi connectivity index (χ1) is 2.93. The number of hydrogen-bond donors (Lipinski definition) is 0. The van der Waals surface area contributed by atoms with E-state index in [1.807, 2.05) is 0 Å². The molecule has 1 spiro atoms. The normalized spacial score (nSPS) is 64.0. The lowest BCUT2D eigenvalue weighted by Crippen LogP contribution is -2.06. The lowest BCUT2D eigenvalue weighted by molar-refractivity contribution is -0.711. The molecule has 1 aliphatic carbocycles. The summed E-state index contributed by atoms with van der Waals surface area (Å²) < 4.78 is 1.58. The molecule has 1 heteroatoms. The van der Waals surface area contributed by atoms with Crippen LogP contribution in [0.1, 0.15) is 6.42 Å².